The molecule has 5 nitrogen and oxygen atoms in total. The van der Waals surface area contributed by atoms with Gasteiger partial charge in [-0.25, -0.2) is 0 Å². The van der Waals surface area contributed by atoms with Crippen LogP contribution in [0.15, 0.2) is 91.9 Å². The lowest BCUT2D eigenvalue weighted by Crippen LogP contribution is -1.96. The van der Waals surface area contributed by atoms with Crippen LogP contribution in [0.2, 0.25) is 5.02 Å². The van der Waals surface area contributed by atoms with Crippen molar-refractivity contribution in [3.63, 3.8) is 0 Å². The van der Waals surface area contributed by atoms with Crippen molar-refractivity contribution in [2.45, 2.75) is 15.9 Å². The van der Waals surface area contributed by atoms with Crippen molar-refractivity contribution in [2.75, 3.05) is 6.26 Å². The molecule has 1 unspecified atom stereocenters. The minimum atomic E-state index is -1.01. The first-order chi connectivity index (χ1) is 15.6. The van der Waals surface area contributed by atoms with Gasteiger partial charge in [0.1, 0.15) is 11.8 Å². The van der Waals surface area contributed by atoms with Gasteiger partial charge in [-0.2, -0.15) is 0 Å². The Morgan fingerprint density at radius 1 is 1.00 bits per heavy atom. The number of thioether (sulfide) groups is 1. The Balaban J connectivity index is 1.40. The molecule has 0 aliphatic heterocycles. The highest BCUT2D eigenvalue weighted by molar-refractivity contribution is 7.98. The number of hydrogen-bond donors (Lipinski definition) is 0. The Bertz CT molecular complexity index is 1380. The highest BCUT2D eigenvalue weighted by atomic mass is 35.5. The largest absolute Gasteiger partial charge is 0.612 e. The average molecular weight is 481 g/mol. The van der Waals surface area contributed by atoms with Crippen molar-refractivity contribution < 1.29 is 13.4 Å². The van der Waals surface area contributed by atoms with E-state index in [0.717, 1.165) is 38.1 Å². The number of rotatable bonds is 6. The number of aromatic nitrogens is 2. The van der Waals surface area contributed by atoms with Gasteiger partial charge in [0, 0.05) is 27.3 Å². The summed E-state index contributed by atoms with van der Waals surface area (Å²) in [5.41, 5.74) is 4.60. The van der Waals surface area contributed by atoms with Gasteiger partial charge in [-0.15, -0.1) is 10.2 Å². The molecule has 0 aliphatic carbocycles. The van der Waals surface area contributed by atoms with E-state index in [1.54, 1.807) is 12.5 Å². The Hall–Kier alpha value is -2.71. The normalized spacial score (nSPS) is 12.3. The minimum absolute atomic E-state index is 0.448. The van der Waals surface area contributed by atoms with Gasteiger partial charge >= 0.3 is 0 Å². The highest BCUT2D eigenvalue weighted by Crippen LogP contribution is 2.34. The summed E-state index contributed by atoms with van der Waals surface area (Å²) in [6.07, 6.45) is 3.40. The second-order valence-corrected chi connectivity index (χ2v) is 9.87. The summed E-state index contributed by atoms with van der Waals surface area (Å²) in [7, 11) is 0. The molecule has 0 amide bonds. The van der Waals surface area contributed by atoms with E-state index in [1.165, 1.54) is 11.8 Å². The third kappa shape index (κ3) is 4.42. The minimum Gasteiger partial charge on any atom is -0.612 e. The molecule has 3 aromatic carbocycles. The van der Waals surface area contributed by atoms with Crippen LogP contribution in [-0.2, 0) is 16.9 Å². The smallest absolute Gasteiger partial charge is 0.277 e. The molecule has 2 heterocycles. The second kappa shape index (κ2) is 9.03. The average Bonchev–Trinajstić information content (AvgIpc) is 3.44. The molecule has 1 atom stereocenters. The molecule has 160 valence electrons. The summed E-state index contributed by atoms with van der Waals surface area (Å²) < 4.78 is 23.3. The molecule has 0 saturated carbocycles. The second-order valence-electron chi connectivity index (χ2n) is 7.13. The molecule has 0 radical (unpaired) electrons. The molecule has 0 bridgehead atoms. The van der Waals surface area contributed by atoms with Crippen LogP contribution in [0.1, 0.15) is 5.56 Å². The SMILES string of the molecule is C[S+]([O-])c1ccc(-c2coc3ccc(-c4nnc(SCc5cccc(Cl)c5)o4)cc23)cc1. The predicted molar refractivity (Wildman–Crippen MR) is 128 cm³/mol. The van der Waals surface area contributed by atoms with Crippen LogP contribution in [0.4, 0.5) is 0 Å². The number of furan rings is 1. The summed E-state index contributed by atoms with van der Waals surface area (Å²) in [4.78, 5) is 0.788. The van der Waals surface area contributed by atoms with Gasteiger partial charge in [-0.05, 0) is 76.9 Å². The standard InChI is InChI=1S/C24H17ClN2O3S2/c1-32(28)19-8-5-16(6-9-19)21-13-29-22-10-7-17(12-20(21)22)23-26-27-24(30-23)31-14-15-3-2-4-18(25)11-15/h2-13H,14H2,1H3. The van der Waals surface area contributed by atoms with Crippen LogP contribution in [0.3, 0.4) is 0 Å². The van der Waals surface area contributed by atoms with Gasteiger partial charge in [0.2, 0.25) is 5.89 Å². The van der Waals surface area contributed by atoms with Gasteiger partial charge in [0.15, 0.2) is 4.90 Å². The molecule has 8 heteroatoms. The van der Waals surface area contributed by atoms with E-state index in [1.807, 2.05) is 66.7 Å². The molecule has 0 saturated heterocycles. The molecule has 0 N–H and O–H groups in total. The Morgan fingerprint density at radius 2 is 1.81 bits per heavy atom. The monoisotopic (exact) mass is 480 g/mol. The van der Waals surface area contributed by atoms with E-state index in [2.05, 4.69) is 10.2 Å². The van der Waals surface area contributed by atoms with Crippen molar-refractivity contribution >= 4 is 45.5 Å². The van der Waals surface area contributed by atoms with E-state index in [9.17, 15) is 4.55 Å². The van der Waals surface area contributed by atoms with E-state index in [-0.39, 0.29) is 0 Å². The fraction of sp³-hybridized carbons (Fsp3) is 0.0833. The maximum Gasteiger partial charge on any atom is 0.277 e. The van der Waals surface area contributed by atoms with Crippen molar-refractivity contribution in [1.29, 1.82) is 0 Å². The Kier molecular flexibility index (Phi) is 5.97. The first-order valence-electron chi connectivity index (χ1n) is 9.73. The summed E-state index contributed by atoms with van der Waals surface area (Å²) in [5.74, 6) is 1.13. The van der Waals surface area contributed by atoms with Gasteiger partial charge < -0.3 is 13.4 Å². The van der Waals surface area contributed by atoms with Crippen LogP contribution in [0.25, 0.3) is 33.6 Å². The Morgan fingerprint density at radius 3 is 2.59 bits per heavy atom. The topological polar surface area (TPSA) is 75.1 Å². The number of fused-ring (bicyclic) bond motifs is 1. The van der Waals surface area contributed by atoms with Crippen molar-refractivity contribution in [2.24, 2.45) is 0 Å². The van der Waals surface area contributed by atoms with Gasteiger partial charge in [0.05, 0.1) is 6.26 Å². The van der Waals surface area contributed by atoms with Gasteiger partial charge in [0.25, 0.3) is 5.22 Å². The third-order valence-electron chi connectivity index (χ3n) is 4.98. The van der Waals surface area contributed by atoms with Crippen LogP contribution in [-0.4, -0.2) is 21.0 Å². The fourth-order valence-electron chi connectivity index (χ4n) is 3.37. The molecule has 2 aromatic heterocycles. The lowest BCUT2D eigenvalue weighted by Gasteiger charge is -2.05. The van der Waals surface area contributed by atoms with E-state index < -0.39 is 11.2 Å². The summed E-state index contributed by atoms with van der Waals surface area (Å²) >= 11 is 6.50. The van der Waals surface area contributed by atoms with Gasteiger partial charge in [-0.1, -0.05) is 35.5 Å². The van der Waals surface area contributed by atoms with Crippen LogP contribution < -0.4 is 0 Å². The maximum atomic E-state index is 11.7. The molecule has 0 fully saturated rings. The lowest BCUT2D eigenvalue weighted by molar-refractivity contribution is 0.466. The molecule has 32 heavy (non-hydrogen) atoms. The molecule has 0 aliphatic rings. The van der Waals surface area contributed by atoms with Crippen molar-refractivity contribution in [1.82, 2.24) is 10.2 Å². The molecule has 5 rings (SSSR count). The van der Waals surface area contributed by atoms with Crippen LogP contribution in [0, 0.1) is 0 Å². The molecular weight excluding hydrogens is 464 g/mol. The molecular formula is C24H17ClN2O3S2. The number of hydrogen-bond acceptors (Lipinski definition) is 6. The zero-order chi connectivity index (χ0) is 22.1. The molecule has 0 spiro atoms. The predicted octanol–water partition coefficient (Wildman–Crippen LogP) is 6.83. The number of nitrogens with zero attached hydrogens (tertiary/aromatic N) is 2. The highest BCUT2D eigenvalue weighted by Gasteiger charge is 2.14. The van der Waals surface area contributed by atoms with E-state index in [4.69, 9.17) is 20.4 Å². The summed E-state index contributed by atoms with van der Waals surface area (Å²) in [6, 6.07) is 21.1. The van der Waals surface area contributed by atoms with E-state index >= 15 is 0 Å². The van der Waals surface area contributed by atoms with Crippen molar-refractivity contribution in [3.05, 3.63) is 83.6 Å². The quantitative estimate of drug-likeness (QED) is 0.196. The van der Waals surface area contributed by atoms with Crippen LogP contribution in [0.5, 0.6) is 0 Å². The van der Waals surface area contributed by atoms with Crippen LogP contribution >= 0.6 is 23.4 Å². The lowest BCUT2D eigenvalue weighted by atomic mass is 10.0. The zero-order valence-electron chi connectivity index (χ0n) is 16.9. The molecule has 5 aromatic rings. The summed E-state index contributed by atoms with van der Waals surface area (Å²) in [6.45, 7) is 0. The van der Waals surface area contributed by atoms with E-state index in [0.29, 0.717) is 21.9 Å². The number of halogens is 1. The fourth-order valence-corrected chi connectivity index (χ4v) is 4.81. The summed E-state index contributed by atoms with van der Waals surface area (Å²) in [5, 5.41) is 10.5. The Labute approximate surface area is 197 Å². The third-order valence-corrected chi connectivity index (χ3v) is 7.04. The first kappa shape index (κ1) is 21.2. The zero-order valence-corrected chi connectivity index (χ0v) is 19.3. The number of benzene rings is 3. The first-order valence-corrected chi connectivity index (χ1v) is 12.7. The maximum absolute atomic E-state index is 11.7. The van der Waals surface area contributed by atoms with Gasteiger partial charge in [-0.3, -0.25) is 0 Å². The van der Waals surface area contributed by atoms with Crippen molar-refractivity contribution in [3.8, 4) is 22.6 Å².